The van der Waals surface area contributed by atoms with Crippen LogP contribution < -0.4 is 15.0 Å². The highest BCUT2D eigenvalue weighted by Gasteiger charge is 2.46. The number of hydrogen-bond acceptors (Lipinski definition) is 3. The van der Waals surface area contributed by atoms with E-state index in [1.807, 2.05) is 30.3 Å². The van der Waals surface area contributed by atoms with Crippen LogP contribution in [0.15, 0.2) is 42.5 Å². The van der Waals surface area contributed by atoms with Crippen molar-refractivity contribution in [3.05, 3.63) is 59.2 Å². The number of nitrogens with zero attached hydrogens (tertiary/aromatic N) is 1. The van der Waals surface area contributed by atoms with E-state index in [0.717, 1.165) is 29.8 Å². The third-order valence-electron chi connectivity index (χ3n) is 5.80. The Morgan fingerprint density at radius 2 is 1.96 bits per heavy atom. The lowest BCUT2D eigenvalue weighted by molar-refractivity contribution is -0.118. The molecule has 2 aliphatic rings. The van der Waals surface area contributed by atoms with Crippen LogP contribution in [-0.4, -0.2) is 32.5 Å². The number of carbonyl (C=O) groups excluding carboxylic acids is 2. The van der Waals surface area contributed by atoms with E-state index < -0.39 is 0 Å². The molecule has 2 amide bonds. The predicted molar refractivity (Wildman–Crippen MR) is 104 cm³/mol. The number of methoxy groups -OCH3 is 1. The number of nitrogens with one attached hydrogen (secondary N) is 1. The van der Waals surface area contributed by atoms with Crippen LogP contribution in [0.1, 0.15) is 40.7 Å². The smallest absolute Gasteiger partial charge is 0.251 e. The molecule has 0 saturated heterocycles. The molecule has 2 aromatic carbocycles. The topological polar surface area (TPSA) is 58.6 Å². The molecule has 1 fully saturated rings. The van der Waals surface area contributed by atoms with E-state index in [2.05, 4.69) is 11.4 Å². The lowest BCUT2D eigenvalue weighted by Gasteiger charge is -2.26. The van der Waals surface area contributed by atoms with E-state index in [1.54, 1.807) is 25.1 Å². The van der Waals surface area contributed by atoms with Crippen LogP contribution >= 0.6 is 0 Å². The van der Waals surface area contributed by atoms with Gasteiger partial charge in [-0.1, -0.05) is 18.2 Å². The number of aryl methyl sites for hydroxylation is 1. The average molecular weight is 364 g/mol. The standard InChI is InChI=1S/C22H24N2O3/c1-24-18-9-7-16(13-15(18)8-10-20(24)25)21(26)23-14-22(11-12-22)17-5-3-4-6-19(17)27-2/h3-7,9,13H,8,10-12,14H2,1-2H3,(H,23,26). The van der Waals surface area contributed by atoms with Gasteiger partial charge in [0.05, 0.1) is 7.11 Å². The van der Waals surface area contributed by atoms with Crippen LogP contribution in [0, 0.1) is 0 Å². The van der Waals surface area contributed by atoms with Gasteiger partial charge in [0.2, 0.25) is 5.91 Å². The summed E-state index contributed by atoms with van der Waals surface area (Å²) in [5.41, 5.74) is 3.74. The van der Waals surface area contributed by atoms with Gasteiger partial charge in [0.15, 0.2) is 0 Å². The summed E-state index contributed by atoms with van der Waals surface area (Å²) in [5.74, 6) is 0.927. The molecule has 0 radical (unpaired) electrons. The van der Waals surface area contributed by atoms with Crippen molar-refractivity contribution in [2.75, 3.05) is 25.6 Å². The molecule has 4 rings (SSSR count). The van der Waals surface area contributed by atoms with Crippen LogP contribution in [0.4, 0.5) is 5.69 Å². The van der Waals surface area contributed by atoms with Gasteiger partial charge in [-0.05, 0) is 49.1 Å². The fourth-order valence-corrected chi connectivity index (χ4v) is 3.92. The summed E-state index contributed by atoms with van der Waals surface area (Å²) in [6.07, 6.45) is 3.27. The second kappa shape index (κ2) is 6.72. The quantitative estimate of drug-likeness (QED) is 0.887. The zero-order chi connectivity index (χ0) is 19.0. The van der Waals surface area contributed by atoms with Gasteiger partial charge in [-0.3, -0.25) is 9.59 Å². The van der Waals surface area contributed by atoms with E-state index in [-0.39, 0.29) is 17.2 Å². The molecule has 27 heavy (non-hydrogen) atoms. The fourth-order valence-electron chi connectivity index (χ4n) is 3.92. The first-order chi connectivity index (χ1) is 13.0. The Morgan fingerprint density at radius 3 is 2.70 bits per heavy atom. The summed E-state index contributed by atoms with van der Waals surface area (Å²) in [6, 6.07) is 13.6. The van der Waals surface area contributed by atoms with Gasteiger partial charge in [0.25, 0.3) is 5.91 Å². The molecule has 1 heterocycles. The lowest BCUT2D eigenvalue weighted by atomic mass is 9.94. The van der Waals surface area contributed by atoms with Crippen molar-refractivity contribution in [1.29, 1.82) is 0 Å². The highest BCUT2D eigenvalue weighted by atomic mass is 16.5. The third kappa shape index (κ3) is 3.18. The molecular weight excluding hydrogens is 340 g/mol. The van der Waals surface area contributed by atoms with Crippen molar-refractivity contribution in [3.63, 3.8) is 0 Å². The first-order valence-electron chi connectivity index (χ1n) is 9.35. The third-order valence-corrected chi connectivity index (χ3v) is 5.80. The van der Waals surface area contributed by atoms with Gasteiger partial charge < -0.3 is 15.0 Å². The van der Waals surface area contributed by atoms with Crippen molar-refractivity contribution >= 4 is 17.5 Å². The number of amides is 2. The number of hydrogen-bond donors (Lipinski definition) is 1. The second-order valence-electron chi connectivity index (χ2n) is 7.46. The Hall–Kier alpha value is -2.82. The Balaban J connectivity index is 1.48. The van der Waals surface area contributed by atoms with Crippen molar-refractivity contribution in [1.82, 2.24) is 5.32 Å². The van der Waals surface area contributed by atoms with E-state index >= 15 is 0 Å². The molecule has 0 bridgehead atoms. The minimum Gasteiger partial charge on any atom is -0.496 e. The zero-order valence-corrected chi connectivity index (χ0v) is 15.7. The Kier molecular flexibility index (Phi) is 4.38. The molecule has 1 aliphatic carbocycles. The lowest BCUT2D eigenvalue weighted by Crippen LogP contribution is -2.33. The average Bonchev–Trinajstić information content (AvgIpc) is 3.50. The van der Waals surface area contributed by atoms with Crippen molar-refractivity contribution in [2.45, 2.75) is 31.1 Å². The van der Waals surface area contributed by atoms with Crippen molar-refractivity contribution in [2.24, 2.45) is 0 Å². The summed E-state index contributed by atoms with van der Waals surface area (Å²) in [5, 5.41) is 3.10. The fraction of sp³-hybridized carbons (Fsp3) is 0.364. The normalized spacial score (nSPS) is 17.3. The molecule has 5 heteroatoms. The van der Waals surface area contributed by atoms with Crippen LogP contribution in [0.25, 0.3) is 0 Å². The van der Waals surface area contributed by atoms with Gasteiger partial charge in [0.1, 0.15) is 5.75 Å². The number of ether oxygens (including phenoxy) is 1. The number of rotatable bonds is 5. The summed E-state index contributed by atoms with van der Waals surface area (Å²) < 4.78 is 5.50. The molecule has 5 nitrogen and oxygen atoms in total. The van der Waals surface area contributed by atoms with Gasteiger partial charge in [-0.2, -0.15) is 0 Å². The molecule has 0 spiro atoms. The number of fused-ring (bicyclic) bond motifs is 1. The summed E-state index contributed by atoms with van der Waals surface area (Å²) in [4.78, 5) is 26.2. The first-order valence-corrected chi connectivity index (χ1v) is 9.35. The monoisotopic (exact) mass is 364 g/mol. The van der Waals surface area contributed by atoms with Gasteiger partial charge in [-0.25, -0.2) is 0 Å². The van der Waals surface area contributed by atoms with Crippen LogP contribution in [-0.2, 0) is 16.6 Å². The number of anilines is 1. The summed E-state index contributed by atoms with van der Waals surface area (Å²) in [6.45, 7) is 0.599. The SMILES string of the molecule is COc1ccccc1C1(CNC(=O)c2ccc3c(c2)CCC(=O)N3C)CC1. The van der Waals surface area contributed by atoms with Crippen molar-refractivity contribution in [3.8, 4) is 5.75 Å². The zero-order valence-electron chi connectivity index (χ0n) is 15.7. The largest absolute Gasteiger partial charge is 0.496 e. The van der Waals surface area contributed by atoms with E-state index in [9.17, 15) is 9.59 Å². The molecule has 0 atom stereocenters. The van der Waals surface area contributed by atoms with E-state index in [0.29, 0.717) is 24.9 Å². The highest BCUT2D eigenvalue weighted by molar-refractivity contribution is 5.99. The van der Waals surface area contributed by atoms with Gasteiger partial charge >= 0.3 is 0 Å². The van der Waals surface area contributed by atoms with Gasteiger partial charge in [0, 0.05) is 42.2 Å². The minimum absolute atomic E-state index is 0.0247. The maximum atomic E-state index is 12.7. The Morgan fingerprint density at radius 1 is 1.19 bits per heavy atom. The Bertz CT molecular complexity index is 902. The highest BCUT2D eigenvalue weighted by Crippen LogP contribution is 2.50. The number of para-hydroxylation sites is 1. The molecule has 2 aromatic rings. The summed E-state index contributed by atoms with van der Waals surface area (Å²) in [7, 11) is 3.46. The summed E-state index contributed by atoms with van der Waals surface area (Å²) >= 11 is 0. The molecule has 140 valence electrons. The molecular formula is C22H24N2O3. The predicted octanol–water partition coefficient (Wildman–Crippen LogP) is 3.07. The molecule has 1 saturated carbocycles. The van der Waals surface area contributed by atoms with Crippen LogP contribution in [0.2, 0.25) is 0 Å². The Labute approximate surface area is 159 Å². The second-order valence-corrected chi connectivity index (χ2v) is 7.46. The van der Waals surface area contributed by atoms with Crippen molar-refractivity contribution < 1.29 is 14.3 Å². The maximum absolute atomic E-state index is 12.7. The van der Waals surface area contributed by atoms with Gasteiger partial charge in [-0.15, -0.1) is 0 Å². The minimum atomic E-state index is -0.0708. The van der Waals surface area contributed by atoms with Crippen LogP contribution in [0.5, 0.6) is 5.75 Å². The molecule has 0 aromatic heterocycles. The van der Waals surface area contributed by atoms with E-state index in [4.69, 9.17) is 4.74 Å². The maximum Gasteiger partial charge on any atom is 0.251 e. The van der Waals surface area contributed by atoms with Crippen LogP contribution in [0.3, 0.4) is 0 Å². The number of carbonyl (C=O) groups is 2. The molecule has 1 N–H and O–H groups in total. The number of benzene rings is 2. The molecule has 0 unspecified atom stereocenters. The van der Waals surface area contributed by atoms with E-state index in [1.165, 1.54) is 5.56 Å². The first kappa shape index (κ1) is 17.6. The molecule has 1 aliphatic heterocycles.